The number of nitrogens with one attached hydrogen (secondary N) is 2. The maximum Gasteiger partial charge on any atom is 0.221 e. The number of ether oxygens (including phenoxy) is 1. The second-order valence-corrected chi connectivity index (χ2v) is 7.16. The number of alkyl halides is 1. The zero-order valence-electron chi connectivity index (χ0n) is 15.8. The molecule has 0 aliphatic carbocycles. The summed E-state index contributed by atoms with van der Waals surface area (Å²) < 4.78 is 7.17. The molecule has 2 N–H and O–H groups in total. The van der Waals surface area contributed by atoms with Crippen molar-refractivity contribution in [3.8, 4) is 0 Å². The van der Waals surface area contributed by atoms with Crippen molar-refractivity contribution < 1.29 is 9.53 Å². The normalized spacial score (nSPS) is 11.1. The maximum absolute atomic E-state index is 11.6. The first kappa shape index (κ1) is 21.7. The van der Waals surface area contributed by atoms with Crippen LogP contribution in [-0.2, 0) is 16.1 Å². The Balaban J connectivity index is 2.14. The predicted molar refractivity (Wildman–Crippen MR) is 110 cm³/mol. The summed E-state index contributed by atoms with van der Waals surface area (Å²) in [6.07, 6.45) is 3.12. The first-order chi connectivity index (χ1) is 13.2. The topological polar surface area (TPSA) is 94.0 Å². The number of halogens is 1. The SMILES string of the molecule is CCCSc1nc(NCCOCC)c2cnn(CCNC(=O)CCCl)c2n1. The number of rotatable bonds is 13. The third-order valence-corrected chi connectivity index (χ3v) is 4.86. The lowest BCUT2D eigenvalue weighted by molar-refractivity contribution is -0.120. The van der Waals surface area contributed by atoms with Gasteiger partial charge in [-0.15, -0.1) is 11.6 Å². The molecular formula is C17H27ClN6O2S. The molecule has 8 nitrogen and oxygen atoms in total. The van der Waals surface area contributed by atoms with Gasteiger partial charge < -0.3 is 15.4 Å². The van der Waals surface area contributed by atoms with Gasteiger partial charge >= 0.3 is 0 Å². The summed E-state index contributed by atoms with van der Waals surface area (Å²) in [6, 6.07) is 0. The Labute approximate surface area is 168 Å². The highest BCUT2D eigenvalue weighted by Gasteiger charge is 2.13. The van der Waals surface area contributed by atoms with E-state index in [1.54, 1.807) is 22.6 Å². The van der Waals surface area contributed by atoms with Crippen LogP contribution in [0.15, 0.2) is 11.4 Å². The summed E-state index contributed by atoms with van der Waals surface area (Å²) in [5, 5.41) is 12.2. The summed E-state index contributed by atoms with van der Waals surface area (Å²) >= 11 is 7.20. The van der Waals surface area contributed by atoms with E-state index < -0.39 is 0 Å². The molecule has 2 aromatic rings. The van der Waals surface area contributed by atoms with Crippen LogP contribution in [0.25, 0.3) is 11.0 Å². The highest BCUT2D eigenvalue weighted by atomic mass is 35.5. The lowest BCUT2D eigenvalue weighted by atomic mass is 10.4. The van der Waals surface area contributed by atoms with Gasteiger partial charge in [0.1, 0.15) is 5.82 Å². The molecule has 0 unspecified atom stereocenters. The molecule has 0 aliphatic rings. The molecule has 0 aliphatic heterocycles. The van der Waals surface area contributed by atoms with Crippen molar-refractivity contribution in [2.75, 3.05) is 43.3 Å². The van der Waals surface area contributed by atoms with Crippen molar-refractivity contribution in [3.63, 3.8) is 0 Å². The fourth-order valence-corrected chi connectivity index (χ4v) is 3.22. The van der Waals surface area contributed by atoms with E-state index in [0.717, 1.165) is 34.2 Å². The molecule has 0 spiro atoms. The van der Waals surface area contributed by atoms with Crippen molar-refractivity contribution in [3.05, 3.63) is 6.20 Å². The molecule has 0 fully saturated rings. The number of hydrogen-bond acceptors (Lipinski definition) is 7. The van der Waals surface area contributed by atoms with Crippen LogP contribution in [0.5, 0.6) is 0 Å². The van der Waals surface area contributed by atoms with E-state index in [1.807, 2.05) is 6.92 Å². The number of nitrogens with zero attached hydrogens (tertiary/aromatic N) is 4. The van der Waals surface area contributed by atoms with Crippen LogP contribution in [-0.4, -0.2) is 63.6 Å². The van der Waals surface area contributed by atoms with E-state index >= 15 is 0 Å². The summed E-state index contributed by atoms with van der Waals surface area (Å²) in [5.41, 5.74) is 0.758. The van der Waals surface area contributed by atoms with Crippen LogP contribution in [0, 0.1) is 0 Å². The number of anilines is 1. The largest absolute Gasteiger partial charge is 0.380 e. The summed E-state index contributed by atoms with van der Waals surface area (Å²) in [6.45, 7) is 7.06. The van der Waals surface area contributed by atoms with Crippen molar-refractivity contribution in [1.82, 2.24) is 25.1 Å². The van der Waals surface area contributed by atoms with E-state index in [1.165, 1.54) is 0 Å². The molecule has 0 saturated carbocycles. The molecule has 0 saturated heterocycles. The maximum atomic E-state index is 11.6. The Morgan fingerprint density at radius 1 is 1.33 bits per heavy atom. The molecule has 150 valence electrons. The van der Waals surface area contributed by atoms with Gasteiger partial charge in [-0.05, 0) is 13.3 Å². The van der Waals surface area contributed by atoms with Gasteiger partial charge in [0.25, 0.3) is 0 Å². The number of carbonyl (C=O) groups excluding carboxylic acids is 1. The summed E-state index contributed by atoms with van der Waals surface area (Å²) in [7, 11) is 0. The van der Waals surface area contributed by atoms with Crippen LogP contribution in [0.3, 0.4) is 0 Å². The highest BCUT2D eigenvalue weighted by molar-refractivity contribution is 7.99. The molecule has 0 radical (unpaired) electrons. The summed E-state index contributed by atoms with van der Waals surface area (Å²) in [4.78, 5) is 20.8. The number of hydrogen-bond donors (Lipinski definition) is 2. The zero-order valence-corrected chi connectivity index (χ0v) is 17.4. The van der Waals surface area contributed by atoms with Gasteiger partial charge in [0.15, 0.2) is 10.8 Å². The van der Waals surface area contributed by atoms with Crippen molar-refractivity contribution in [2.24, 2.45) is 0 Å². The first-order valence-electron chi connectivity index (χ1n) is 9.20. The van der Waals surface area contributed by atoms with Crippen LogP contribution in [0.2, 0.25) is 0 Å². The smallest absolute Gasteiger partial charge is 0.221 e. The van der Waals surface area contributed by atoms with Gasteiger partial charge in [-0.3, -0.25) is 4.79 Å². The number of carbonyl (C=O) groups is 1. The monoisotopic (exact) mass is 414 g/mol. The lowest BCUT2D eigenvalue weighted by Gasteiger charge is -2.10. The third-order valence-electron chi connectivity index (χ3n) is 3.62. The van der Waals surface area contributed by atoms with Gasteiger partial charge in [0.05, 0.1) is 24.7 Å². The standard InChI is InChI=1S/C17H27ClN6O2S/c1-3-11-27-17-22-15(20-8-10-26-4-2)13-12-21-24(16(13)23-17)9-7-19-14(25)5-6-18/h12H,3-11H2,1-2H3,(H,19,25)(H,20,22,23). The Bertz CT molecular complexity index is 727. The Morgan fingerprint density at radius 2 is 2.19 bits per heavy atom. The Kier molecular flexibility index (Phi) is 9.65. The molecule has 2 aromatic heterocycles. The fourth-order valence-electron chi connectivity index (χ4n) is 2.35. The minimum atomic E-state index is -0.0615. The number of fused-ring (bicyclic) bond motifs is 1. The lowest BCUT2D eigenvalue weighted by Crippen LogP contribution is -2.27. The van der Waals surface area contributed by atoms with Crippen molar-refractivity contribution in [2.45, 2.75) is 38.4 Å². The minimum Gasteiger partial charge on any atom is -0.380 e. The van der Waals surface area contributed by atoms with Crippen molar-refractivity contribution >= 4 is 46.1 Å². The van der Waals surface area contributed by atoms with Gasteiger partial charge in [0, 0.05) is 37.8 Å². The highest BCUT2D eigenvalue weighted by Crippen LogP contribution is 2.24. The van der Waals surface area contributed by atoms with E-state index in [9.17, 15) is 4.79 Å². The second-order valence-electron chi connectivity index (χ2n) is 5.72. The van der Waals surface area contributed by atoms with E-state index in [4.69, 9.17) is 16.3 Å². The van der Waals surface area contributed by atoms with Crippen LogP contribution in [0.1, 0.15) is 26.7 Å². The second kappa shape index (κ2) is 12.0. The van der Waals surface area contributed by atoms with Gasteiger partial charge in [-0.1, -0.05) is 18.7 Å². The number of aromatic nitrogens is 4. The zero-order chi connectivity index (χ0) is 19.5. The van der Waals surface area contributed by atoms with Crippen LogP contribution < -0.4 is 10.6 Å². The number of thioether (sulfide) groups is 1. The molecule has 27 heavy (non-hydrogen) atoms. The molecule has 2 heterocycles. The number of amides is 1. The summed E-state index contributed by atoms with van der Waals surface area (Å²) in [5.74, 6) is 1.97. The molecule has 1 amide bonds. The third kappa shape index (κ3) is 6.82. The van der Waals surface area contributed by atoms with E-state index in [0.29, 0.717) is 45.1 Å². The molecule has 2 rings (SSSR count). The molecule has 0 bridgehead atoms. The molecule has 10 heteroatoms. The van der Waals surface area contributed by atoms with Crippen molar-refractivity contribution in [1.29, 1.82) is 0 Å². The molecule has 0 atom stereocenters. The van der Waals surface area contributed by atoms with Gasteiger partial charge in [-0.25, -0.2) is 14.6 Å². The van der Waals surface area contributed by atoms with Crippen LogP contribution in [0.4, 0.5) is 5.82 Å². The Hall–Kier alpha value is -1.58. The average molecular weight is 415 g/mol. The molecule has 0 aromatic carbocycles. The van der Waals surface area contributed by atoms with E-state index in [2.05, 4.69) is 32.6 Å². The van der Waals surface area contributed by atoms with Gasteiger partial charge in [0.2, 0.25) is 5.91 Å². The van der Waals surface area contributed by atoms with E-state index in [-0.39, 0.29) is 5.91 Å². The minimum absolute atomic E-state index is 0.0615. The molecular weight excluding hydrogens is 388 g/mol. The first-order valence-corrected chi connectivity index (χ1v) is 10.7. The van der Waals surface area contributed by atoms with Gasteiger partial charge in [-0.2, -0.15) is 5.10 Å². The van der Waals surface area contributed by atoms with Crippen LogP contribution >= 0.6 is 23.4 Å². The quantitative estimate of drug-likeness (QED) is 0.225. The predicted octanol–water partition coefficient (Wildman–Crippen LogP) is 2.52. The fraction of sp³-hybridized carbons (Fsp3) is 0.647. The average Bonchev–Trinajstić information content (AvgIpc) is 3.07. The Morgan fingerprint density at radius 3 is 2.93 bits per heavy atom.